The molecule has 0 saturated carbocycles. The fraction of sp³-hybridized carbons (Fsp3) is 0.250. The fourth-order valence-corrected chi connectivity index (χ4v) is 2.05. The third-order valence-corrected chi connectivity index (χ3v) is 3.36. The van der Waals surface area contributed by atoms with Crippen LogP contribution in [-0.2, 0) is 21.6 Å². The first-order valence-electron chi connectivity index (χ1n) is 6.96. The van der Waals surface area contributed by atoms with Crippen molar-refractivity contribution < 1.29 is 23.1 Å². The van der Waals surface area contributed by atoms with Gasteiger partial charge in [-0.2, -0.15) is 8.42 Å². The summed E-state index contributed by atoms with van der Waals surface area (Å²) in [6.45, 7) is 0.181. The fourth-order valence-electron chi connectivity index (χ4n) is 1.68. The molecule has 0 spiro atoms. The number of nitrogens with zero attached hydrogens (tertiary/aromatic N) is 3. The maximum absolute atomic E-state index is 10.7. The van der Waals surface area contributed by atoms with Gasteiger partial charge >= 0.3 is 0 Å². The van der Waals surface area contributed by atoms with Crippen LogP contribution in [0.4, 0.5) is 5.82 Å². The summed E-state index contributed by atoms with van der Waals surface area (Å²) in [5, 5.41) is 21.2. The first-order valence-corrected chi connectivity index (χ1v) is 8.51. The molecule has 2 aromatic rings. The van der Waals surface area contributed by atoms with E-state index in [9.17, 15) is 13.6 Å². The average Bonchev–Trinajstić information content (AvgIpc) is 3.03. The number of hydroxylamine groups is 1. The number of rotatable bonds is 9. The molecule has 0 amide bonds. The Hall–Kier alpha value is -2.58. The summed E-state index contributed by atoms with van der Waals surface area (Å²) in [6, 6.07) is 9.36. The van der Waals surface area contributed by atoms with Gasteiger partial charge < -0.3 is 0 Å². The first kappa shape index (κ1) is 18.8. The quantitative estimate of drug-likeness (QED) is 0.162. The minimum absolute atomic E-state index is 0.0128. The van der Waals surface area contributed by atoms with E-state index in [-0.39, 0.29) is 37.0 Å². The normalized spacial score (nSPS) is 12.2. The number of amidine groups is 1. The number of hydrogen-bond donors (Lipinski definition) is 5. The molecule has 0 atom stereocenters. The van der Waals surface area contributed by atoms with Gasteiger partial charge in [0.05, 0.1) is 13.2 Å². The summed E-state index contributed by atoms with van der Waals surface area (Å²) in [5.74, 6) is 0.0582. The van der Waals surface area contributed by atoms with E-state index < -0.39 is 10.2 Å². The van der Waals surface area contributed by atoms with E-state index in [2.05, 4.69) is 25.4 Å². The number of anilines is 1. The van der Waals surface area contributed by atoms with E-state index >= 15 is 0 Å². The number of hydrogen-bond acceptors (Lipinski definition) is 9. The highest BCUT2D eigenvalue weighted by molar-refractivity contribution is 7.87. The first-order chi connectivity index (χ1) is 12.0. The van der Waals surface area contributed by atoms with Gasteiger partial charge in [-0.1, -0.05) is 30.3 Å². The van der Waals surface area contributed by atoms with Crippen molar-refractivity contribution in [3.63, 3.8) is 0 Å². The molecule has 0 radical (unpaired) electrons. The third kappa shape index (κ3) is 6.44. The van der Waals surface area contributed by atoms with Gasteiger partial charge in [0.25, 0.3) is 10.2 Å². The van der Waals surface area contributed by atoms with Crippen molar-refractivity contribution in [1.29, 1.82) is 0 Å². The van der Waals surface area contributed by atoms with E-state index in [1.54, 1.807) is 0 Å². The van der Waals surface area contributed by atoms with Crippen LogP contribution in [0.25, 0.3) is 0 Å². The van der Waals surface area contributed by atoms with Crippen LogP contribution in [0.15, 0.2) is 40.0 Å². The van der Waals surface area contributed by atoms with Gasteiger partial charge in [-0.15, -0.1) is 0 Å². The minimum Gasteiger partial charge on any atom is -0.290 e. The van der Waals surface area contributed by atoms with Crippen LogP contribution in [0.2, 0.25) is 0 Å². The SMILES string of the molecule is NS(=O)(=O)NCCONc1nonc1C(=NCc1ccccc1)NO. The molecule has 0 unspecified atom stereocenters. The Balaban J connectivity index is 1.93. The van der Waals surface area contributed by atoms with Crippen molar-refractivity contribution in [2.75, 3.05) is 18.6 Å². The molecule has 6 N–H and O–H groups in total. The highest BCUT2D eigenvalue weighted by Crippen LogP contribution is 2.11. The average molecular weight is 371 g/mol. The molecule has 0 aliphatic heterocycles. The van der Waals surface area contributed by atoms with Crippen LogP contribution in [-0.4, -0.2) is 42.9 Å². The molecule has 136 valence electrons. The van der Waals surface area contributed by atoms with Gasteiger partial charge in [0.1, 0.15) is 0 Å². The van der Waals surface area contributed by atoms with E-state index in [0.717, 1.165) is 5.56 Å². The zero-order valence-electron chi connectivity index (χ0n) is 12.9. The number of nitrogens with two attached hydrogens (primary N) is 1. The van der Waals surface area contributed by atoms with Crippen molar-refractivity contribution in [2.24, 2.45) is 10.1 Å². The summed E-state index contributed by atoms with van der Waals surface area (Å²) in [4.78, 5) is 9.19. The Kier molecular flexibility index (Phi) is 6.79. The largest absolute Gasteiger partial charge is 0.290 e. The number of nitrogens with one attached hydrogen (secondary N) is 3. The van der Waals surface area contributed by atoms with E-state index in [4.69, 9.17) is 9.98 Å². The highest BCUT2D eigenvalue weighted by atomic mass is 32.2. The molecule has 1 aromatic heterocycles. The summed E-state index contributed by atoms with van der Waals surface area (Å²) in [7, 11) is -3.78. The molecule has 13 heteroatoms. The maximum atomic E-state index is 10.7. The van der Waals surface area contributed by atoms with E-state index in [1.807, 2.05) is 40.5 Å². The Morgan fingerprint density at radius 3 is 2.76 bits per heavy atom. The maximum Gasteiger partial charge on any atom is 0.274 e. The predicted octanol–water partition coefficient (Wildman–Crippen LogP) is -0.868. The van der Waals surface area contributed by atoms with Gasteiger partial charge in [0.2, 0.25) is 5.82 Å². The van der Waals surface area contributed by atoms with Crippen LogP contribution >= 0.6 is 0 Å². The van der Waals surface area contributed by atoms with Crippen LogP contribution in [0, 0.1) is 0 Å². The lowest BCUT2D eigenvalue weighted by Crippen LogP contribution is -2.33. The van der Waals surface area contributed by atoms with E-state index in [1.165, 1.54) is 0 Å². The topological polar surface area (TPSA) is 177 Å². The zero-order valence-corrected chi connectivity index (χ0v) is 13.7. The van der Waals surface area contributed by atoms with Crippen molar-refractivity contribution in [2.45, 2.75) is 6.54 Å². The molecule has 25 heavy (non-hydrogen) atoms. The van der Waals surface area contributed by atoms with Crippen LogP contribution in [0.1, 0.15) is 11.3 Å². The molecule has 12 nitrogen and oxygen atoms in total. The number of aliphatic imine (C=N–C) groups is 1. The standard InChI is InChI=1S/C12H17N7O5S/c13-25(21,22)15-6-7-23-18-12-10(17-24-19-12)11(16-20)14-8-9-4-2-1-3-5-9/h1-5,15,20H,6-8H2,(H,14,16)(H,18,19)(H2,13,21,22). The second kappa shape index (κ2) is 9.05. The summed E-state index contributed by atoms with van der Waals surface area (Å²) < 4.78 is 28.0. The second-order valence-corrected chi connectivity index (χ2v) is 5.99. The lowest BCUT2D eigenvalue weighted by Gasteiger charge is -2.06. The van der Waals surface area contributed by atoms with Gasteiger partial charge in [-0.25, -0.2) is 20.0 Å². The minimum atomic E-state index is -3.78. The van der Waals surface area contributed by atoms with Crippen molar-refractivity contribution in [3.05, 3.63) is 41.6 Å². The number of benzene rings is 1. The van der Waals surface area contributed by atoms with Crippen LogP contribution < -0.4 is 20.8 Å². The number of aromatic nitrogens is 2. The second-order valence-electron chi connectivity index (χ2n) is 4.61. The summed E-state index contributed by atoms with van der Waals surface area (Å²) >= 11 is 0. The summed E-state index contributed by atoms with van der Waals surface area (Å²) in [6.07, 6.45) is 0. The summed E-state index contributed by atoms with van der Waals surface area (Å²) in [5.41, 5.74) is 5.34. The van der Waals surface area contributed by atoms with Crippen molar-refractivity contribution in [3.8, 4) is 0 Å². The van der Waals surface area contributed by atoms with Crippen LogP contribution in [0.3, 0.4) is 0 Å². The lowest BCUT2D eigenvalue weighted by atomic mass is 10.2. The molecular formula is C12H17N7O5S. The van der Waals surface area contributed by atoms with Gasteiger partial charge in [0.15, 0.2) is 11.5 Å². The van der Waals surface area contributed by atoms with Gasteiger partial charge in [-0.05, 0) is 15.9 Å². The molecule has 0 aliphatic carbocycles. The van der Waals surface area contributed by atoms with Crippen molar-refractivity contribution >= 4 is 21.9 Å². The van der Waals surface area contributed by atoms with Gasteiger partial charge in [-0.3, -0.25) is 20.5 Å². The Labute approximate surface area is 143 Å². The molecule has 0 bridgehead atoms. The molecular weight excluding hydrogens is 354 g/mol. The molecule has 2 rings (SSSR count). The molecule has 0 saturated heterocycles. The van der Waals surface area contributed by atoms with Gasteiger partial charge in [0, 0.05) is 6.54 Å². The van der Waals surface area contributed by atoms with Crippen LogP contribution in [0.5, 0.6) is 0 Å². The highest BCUT2D eigenvalue weighted by Gasteiger charge is 2.16. The molecule has 1 aromatic carbocycles. The van der Waals surface area contributed by atoms with E-state index in [0.29, 0.717) is 0 Å². The smallest absolute Gasteiger partial charge is 0.274 e. The Morgan fingerprint density at radius 2 is 2.08 bits per heavy atom. The molecule has 0 aliphatic rings. The Bertz CT molecular complexity index is 793. The zero-order chi connectivity index (χ0) is 18.1. The molecule has 1 heterocycles. The molecule has 0 fully saturated rings. The third-order valence-electron chi connectivity index (χ3n) is 2.76. The van der Waals surface area contributed by atoms with Crippen molar-refractivity contribution in [1.82, 2.24) is 20.5 Å². The lowest BCUT2D eigenvalue weighted by molar-refractivity contribution is 0.195. The monoisotopic (exact) mass is 371 g/mol. The predicted molar refractivity (Wildman–Crippen MR) is 86.6 cm³/mol. The Morgan fingerprint density at radius 1 is 1.32 bits per heavy atom.